The Labute approximate surface area is 214 Å². The first-order chi connectivity index (χ1) is 16.3. The van der Waals surface area contributed by atoms with Crippen molar-refractivity contribution in [2.75, 3.05) is 6.54 Å². The number of rotatable bonds is 4. The van der Waals surface area contributed by atoms with Crippen molar-refractivity contribution in [1.29, 1.82) is 0 Å². The lowest BCUT2D eigenvalue weighted by Gasteiger charge is -2.40. The molecule has 2 aliphatic rings. The first kappa shape index (κ1) is 23.7. The van der Waals surface area contributed by atoms with Crippen LogP contribution >= 0.6 is 34.8 Å². The second-order valence-electron chi connectivity index (χ2n) is 9.50. The van der Waals surface area contributed by atoms with Crippen LogP contribution in [0.2, 0.25) is 15.1 Å². The molecule has 4 unspecified atom stereocenters. The van der Waals surface area contributed by atoms with Crippen LogP contribution in [0.4, 0.5) is 4.39 Å². The van der Waals surface area contributed by atoms with Crippen LogP contribution < -0.4 is 0 Å². The van der Waals surface area contributed by atoms with Crippen molar-refractivity contribution in [2.24, 2.45) is 11.8 Å². The maximum Gasteiger partial charge on any atom is 0.226 e. The number of hydrogen-bond acceptors (Lipinski definition) is 1. The van der Waals surface area contributed by atoms with Gasteiger partial charge < -0.3 is 4.90 Å². The van der Waals surface area contributed by atoms with Crippen LogP contribution in [0.1, 0.15) is 46.9 Å². The van der Waals surface area contributed by atoms with E-state index < -0.39 is 0 Å². The maximum absolute atomic E-state index is 14.1. The molecule has 0 N–H and O–H groups in total. The second-order valence-corrected chi connectivity index (χ2v) is 10.8. The highest BCUT2D eigenvalue weighted by atomic mass is 35.5. The summed E-state index contributed by atoms with van der Waals surface area (Å²) in [6.45, 7) is 2.80. The van der Waals surface area contributed by atoms with Gasteiger partial charge in [0.15, 0.2) is 0 Å². The fraction of sp³-hybridized carbons (Fsp3) is 0.321. The fourth-order valence-corrected chi connectivity index (χ4v) is 6.52. The normalized spacial score (nSPS) is 24.4. The summed E-state index contributed by atoms with van der Waals surface area (Å²) in [5.41, 5.74) is 3.65. The molecule has 1 amide bonds. The van der Waals surface area contributed by atoms with Crippen molar-refractivity contribution in [3.63, 3.8) is 0 Å². The molecule has 3 aromatic carbocycles. The molecule has 1 aliphatic heterocycles. The SMILES string of the molecule is Cc1ccc(CN2CC3C(CCC(c4ccc(Cl)cc4Cl)C3c3ccc(Cl)cc3)C2=O)cc1F. The van der Waals surface area contributed by atoms with E-state index >= 15 is 0 Å². The van der Waals surface area contributed by atoms with E-state index in [1.807, 2.05) is 35.2 Å². The van der Waals surface area contributed by atoms with E-state index in [1.165, 1.54) is 6.07 Å². The van der Waals surface area contributed by atoms with Crippen LogP contribution in [0.5, 0.6) is 0 Å². The average molecular weight is 517 g/mol. The van der Waals surface area contributed by atoms with Crippen LogP contribution in [0.25, 0.3) is 0 Å². The summed E-state index contributed by atoms with van der Waals surface area (Å²) in [6, 6.07) is 18.8. The van der Waals surface area contributed by atoms with Gasteiger partial charge in [-0.3, -0.25) is 4.79 Å². The molecule has 6 heteroatoms. The van der Waals surface area contributed by atoms with Gasteiger partial charge in [0.2, 0.25) is 5.91 Å². The minimum absolute atomic E-state index is 0.0571. The molecule has 1 saturated carbocycles. The molecule has 1 aliphatic carbocycles. The quantitative estimate of drug-likeness (QED) is 0.344. The van der Waals surface area contributed by atoms with Crippen molar-refractivity contribution in [1.82, 2.24) is 4.90 Å². The van der Waals surface area contributed by atoms with E-state index in [1.54, 1.807) is 19.1 Å². The predicted molar refractivity (Wildman–Crippen MR) is 136 cm³/mol. The molecule has 3 aromatic rings. The Morgan fingerprint density at radius 1 is 0.912 bits per heavy atom. The van der Waals surface area contributed by atoms with Crippen LogP contribution in [0, 0.1) is 24.6 Å². The number of carbonyl (C=O) groups is 1. The highest BCUT2D eigenvalue weighted by Gasteiger charge is 2.50. The number of benzene rings is 3. The number of amides is 1. The zero-order valence-electron chi connectivity index (χ0n) is 18.8. The lowest BCUT2D eigenvalue weighted by molar-refractivity contribution is -0.132. The maximum atomic E-state index is 14.1. The summed E-state index contributed by atoms with van der Waals surface area (Å²) in [5, 5.41) is 1.95. The highest BCUT2D eigenvalue weighted by Crippen LogP contribution is 2.54. The summed E-state index contributed by atoms with van der Waals surface area (Å²) >= 11 is 19.0. The Bertz CT molecular complexity index is 1230. The van der Waals surface area contributed by atoms with E-state index in [2.05, 4.69) is 12.1 Å². The smallest absolute Gasteiger partial charge is 0.226 e. The third-order valence-electron chi connectivity index (χ3n) is 7.49. The molecule has 5 rings (SSSR count). The topological polar surface area (TPSA) is 20.3 Å². The molecule has 0 aromatic heterocycles. The van der Waals surface area contributed by atoms with Crippen molar-refractivity contribution in [3.05, 3.63) is 104 Å². The van der Waals surface area contributed by atoms with Crippen molar-refractivity contribution < 1.29 is 9.18 Å². The summed E-state index contributed by atoms with van der Waals surface area (Å²) in [4.78, 5) is 15.3. The van der Waals surface area contributed by atoms with Gasteiger partial charge in [-0.2, -0.15) is 0 Å². The number of likely N-dealkylation sites (tertiary alicyclic amines) is 1. The molecule has 2 nitrogen and oxygen atoms in total. The minimum Gasteiger partial charge on any atom is -0.338 e. The number of halogens is 4. The fourth-order valence-electron chi connectivity index (χ4n) is 5.84. The second kappa shape index (κ2) is 9.53. The molecule has 4 atom stereocenters. The van der Waals surface area contributed by atoms with Gasteiger partial charge in [0.25, 0.3) is 0 Å². The highest BCUT2D eigenvalue weighted by molar-refractivity contribution is 6.35. The monoisotopic (exact) mass is 515 g/mol. The molecule has 1 heterocycles. The zero-order chi connectivity index (χ0) is 24.0. The van der Waals surface area contributed by atoms with Crippen LogP contribution in [0.15, 0.2) is 60.7 Å². The molecule has 1 saturated heterocycles. The van der Waals surface area contributed by atoms with Crippen LogP contribution in [0.3, 0.4) is 0 Å². The Balaban J connectivity index is 1.50. The molecule has 34 heavy (non-hydrogen) atoms. The summed E-state index contributed by atoms with van der Waals surface area (Å²) in [5.74, 6) is 0.270. The minimum atomic E-state index is -0.238. The van der Waals surface area contributed by atoms with E-state index in [4.69, 9.17) is 34.8 Å². The van der Waals surface area contributed by atoms with Gasteiger partial charge in [-0.1, -0.05) is 65.1 Å². The number of aryl methyl sites for hydroxylation is 1. The van der Waals surface area contributed by atoms with Crippen molar-refractivity contribution in [3.8, 4) is 0 Å². The van der Waals surface area contributed by atoms with E-state index in [0.29, 0.717) is 33.7 Å². The van der Waals surface area contributed by atoms with Crippen LogP contribution in [-0.4, -0.2) is 17.4 Å². The van der Waals surface area contributed by atoms with Crippen molar-refractivity contribution in [2.45, 2.75) is 38.1 Å². The van der Waals surface area contributed by atoms with Gasteiger partial charge in [-0.05, 0) is 90.1 Å². The Kier molecular flexibility index (Phi) is 6.63. The Morgan fingerprint density at radius 3 is 2.32 bits per heavy atom. The lowest BCUT2D eigenvalue weighted by atomic mass is 9.63. The first-order valence-electron chi connectivity index (χ1n) is 11.6. The summed E-state index contributed by atoms with van der Waals surface area (Å²) in [6.07, 6.45) is 1.66. The van der Waals surface area contributed by atoms with E-state index in [0.717, 1.165) is 29.5 Å². The molecule has 2 fully saturated rings. The van der Waals surface area contributed by atoms with E-state index in [9.17, 15) is 9.18 Å². The number of carbonyl (C=O) groups excluding carboxylic acids is 1. The molecular formula is C28H25Cl3FNO. The summed E-state index contributed by atoms with van der Waals surface area (Å²) < 4.78 is 14.1. The van der Waals surface area contributed by atoms with Gasteiger partial charge >= 0.3 is 0 Å². The van der Waals surface area contributed by atoms with E-state index in [-0.39, 0.29) is 35.4 Å². The van der Waals surface area contributed by atoms with Crippen molar-refractivity contribution >= 4 is 40.7 Å². The number of fused-ring (bicyclic) bond motifs is 1. The lowest BCUT2D eigenvalue weighted by Crippen LogP contribution is -2.32. The van der Waals surface area contributed by atoms with Crippen LogP contribution in [-0.2, 0) is 11.3 Å². The van der Waals surface area contributed by atoms with Gasteiger partial charge in [-0.15, -0.1) is 0 Å². The van der Waals surface area contributed by atoms with Gasteiger partial charge in [0.05, 0.1) is 0 Å². The third kappa shape index (κ3) is 4.46. The number of hydrogen-bond donors (Lipinski definition) is 0. The molecular weight excluding hydrogens is 492 g/mol. The standard InChI is InChI=1S/C28H25Cl3FNO/c1-16-2-3-17(12-26(16)32)14-33-15-24-23(28(33)34)11-10-22(21-9-8-20(30)13-25(21)31)27(24)18-4-6-19(29)7-5-18/h2-9,12-13,22-24,27H,10-11,14-15H2,1H3. The number of nitrogens with zero attached hydrogens (tertiary/aromatic N) is 1. The third-order valence-corrected chi connectivity index (χ3v) is 8.30. The van der Waals surface area contributed by atoms with Gasteiger partial charge in [-0.25, -0.2) is 4.39 Å². The largest absolute Gasteiger partial charge is 0.338 e. The molecule has 176 valence electrons. The zero-order valence-corrected chi connectivity index (χ0v) is 21.0. The molecule has 0 spiro atoms. The molecule has 0 bridgehead atoms. The average Bonchev–Trinajstić information content (AvgIpc) is 3.12. The summed E-state index contributed by atoms with van der Waals surface area (Å²) in [7, 11) is 0. The van der Waals surface area contributed by atoms with Gasteiger partial charge in [0.1, 0.15) is 5.82 Å². The predicted octanol–water partition coefficient (Wildman–Crippen LogP) is 8.03. The molecule has 0 radical (unpaired) electrons. The van der Waals surface area contributed by atoms with Gasteiger partial charge in [0, 0.05) is 34.1 Å². The first-order valence-corrected chi connectivity index (χ1v) is 12.7. The Morgan fingerprint density at radius 2 is 1.62 bits per heavy atom. The Hall–Kier alpha value is -2.07.